The molecule has 0 saturated carbocycles. The Balaban J connectivity index is 2.00. The lowest BCUT2D eigenvalue weighted by atomic mass is 10.2. The van der Waals surface area contributed by atoms with Gasteiger partial charge in [0.15, 0.2) is 0 Å². The number of pyridine rings is 1. The van der Waals surface area contributed by atoms with Gasteiger partial charge in [-0.1, -0.05) is 24.3 Å². The third kappa shape index (κ3) is 2.79. The Bertz CT molecular complexity index is 1160. The molecule has 0 saturated heterocycles. The zero-order valence-corrected chi connectivity index (χ0v) is 13.4. The molecule has 0 unspecified atom stereocenters. The number of hydrogen-bond donors (Lipinski definition) is 1. The van der Waals surface area contributed by atoms with Crippen LogP contribution in [-0.4, -0.2) is 14.5 Å². The van der Waals surface area contributed by atoms with E-state index in [1.54, 1.807) is 24.3 Å². The van der Waals surface area contributed by atoms with Crippen molar-refractivity contribution >= 4 is 22.5 Å². The van der Waals surface area contributed by atoms with E-state index in [1.165, 1.54) is 35.0 Å². The van der Waals surface area contributed by atoms with Crippen LogP contribution in [0, 0.1) is 11.6 Å². The summed E-state index contributed by atoms with van der Waals surface area (Å²) in [6.45, 7) is 0. The molecule has 5 nitrogen and oxygen atoms in total. The normalized spacial score (nSPS) is 10.8. The maximum Gasteiger partial charge on any atom is 0.267 e. The Kier molecular flexibility index (Phi) is 3.89. The Morgan fingerprint density at radius 1 is 0.962 bits per heavy atom. The summed E-state index contributed by atoms with van der Waals surface area (Å²) in [5.74, 6) is -1.10. The van der Waals surface area contributed by atoms with Crippen molar-refractivity contribution in [1.82, 2.24) is 14.5 Å². The van der Waals surface area contributed by atoms with Gasteiger partial charge in [0.05, 0.1) is 29.2 Å². The molecule has 2 heterocycles. The molecular formula is C19H12F2N4O. The molecule has 4 rings (SSSR count). The summed E-state index contributed by atoms with van der Waals surface area (Å²) in [7, 11) is 0. The highest BCUT2D eigenvalue weighted by Crippen LogP contribution is 2.21. The molecule has 4 aromatic rings. The number of halogens is 2. The van der Waals surface area contributed by atoms with E-state index in [9.17, 15) is 13.6 Å². The predicted molar refractivity (Wildman–Crippen MR) is 94.8 cm³/mol. The smallest absolute Gasteiger partial charge is 0.267 e. The first-order valence-corrected chi connectivity index (χ1v) is 7.78. The molecule has 0 radical (unpaired) electrons. The van der Waals surface area contributed by atoms with Crippen LogP contribution in [0.4, 0.5) is 20.4 Å². The maximum absolute atomic E-state index is 14.2. The van der Waals surface area contributed by atoms with Gasteiger partial charge in [-0.3, -0.25) is 9.78 Å². The van der Waals surface area contributed by atoms with Crippen molar-refractivity contribution in [2.24, 2.45) is 0 Å². The third-order valence-corrected chi connectivity index (χ3v) is 3.83. The van der Waals surface area contributed by atoms with E-state index >= 15 is 0 Å². The number of para-hydroxylation sites is 2. The van der Waals surface area contributed by atoms with Crippen LogP contribution in [-0.2, 0) is 0 Å². The minimum absolute atomic E-state index is 0.0588. The fourth-order valence-corrected chi connectivity index (χ4v) is 2.68. The van der Waals surface area contributed by atoms with Crippen molar-refractivity contribution in [1.29, 1.82) is 0 Å². The predicted octanol–water partition coefficient (Wildman–Crippen LogP) is 3.80. The largest absolute Gasteiger partial charge is 0.324 e. The first kappa shape index (κ1) is 15.9. The minimum atomic E-state index is -0.611. The fraction of sp³-hybridized carbons (Fsp3) is 0. The molecule has 2 aromatic carbocycles. The van der Waals surface area contributed by atoms with Crippen LogP contribution >= 0.6 is 0 Å². The summed E-state index contributed by atoms with van der Waals surface area (Å²) in [6.07, 6.45) is 2.44. The molecule has 0 aliphatic carbocycles. The zero-order chi connectivity index (χ0) is 18.1. The summed E-state index contributed by atoms with van der Waals surface area (Å²) >= 11 is 0. The van der Waals surface area contributed by atoms with E-state index in [0.717, 1.165) is 6.20 Å². The van der Waals surface area contributed by atoms with Crippen molar-refractivity contribution in [2.45, 2.75) is 0 Å². The molecule has 0 aliphatic heterocycles. The molecule has 0 amide bonds. The number of benzene rings is 2. The highest BCUT2D eigenvalue weighted by atomic mass is 19.1. The van der Waals surface area contributed by atoms with Crippen LogP contribution in [0.5, 0.6) is 0 Å². The van der Waals surface area contributed by atoms with Gasteiger partial charge in [0.25, 0.3) is 5.56 Å². The van der Waals surface area contributed by atoms with E-state index in [2.05, 4.69) is 15.3 Å². The molecule has 128 valence electrons. The summed E-state index contributed by atoms with van der Waals surface area (Å²) < 4.78 is 28.9. The number of anilines is 2. The Morgan fingerprint density at radius 2 is 1.77 bits per heavy atom. The van der Waals surface area contributed by atoms with E-state index in [0.29, 0.717) is 5.69 Å². The van der Waals surface area contributed by atoms with Crippen molar-refractivity contribution in [3.63, 3.8) is 0 Å². The number of nitrogens with zero attached hydrogens (tertiary/aromatic N) is 3. The van der Waals surface area contributed by atoms with Gasteiger partial charge < -0.3 is 5.32 Å². The lowest BCUT2D eigenvalue weighted by Crippen LogP contribution is -2.23. The number of nitrogens with one attached hydrogen (secondary N) is 1. The number of fused-ring (bicyclic) bond motifs is 1. The topological polar surface area (TPSA) is 59.8 Å². The average Bonchev–Trinajstić information content (AvgIpc) is 2.64. The fourth-order valence-electron chi connectivity index (χ4n) is 2.68. The van der Waals surface area contributed by atoms with E-state index in [1.807, 2.05) is 6.07 Å². The second-order valence-electron chi connectivity index (χ2n) is 5.56. The Morgan fingerprint density at radius 3 is 2.54 bits per heavy atom. The van der Waals surface area contributed by atoms with Crippen molar-refractivity contribution in [3.05, 3.63) is 89.0 Å². The second kappa shape index (κ2) is 6.36. The third-order valence-electron chi connectivity index (χ3n) is 3.83. The monoisotopic (exact) mass is 350 g/mol. The van der Waals surface area contributed by atoms with Crippen LogP contribution in [0.25, 0.3) is 16.6 Å². The van der Waals surface area contributed by atoms with Gasteiger partial charge in [0, 0.05) is 6.07 Å². The average molecular weight is 350 g/mol. The lowest BCUT2D eigenvalue weighted by Gasteiger charge is -2.15. The first-order chi connectivity index (χ1) is 12.6. The van der Waals surface area contributed by atoms with Crippen LogP contribution < -0.4 is 10.9 Å². The molecule has 0 atom stereocenters. The van der Waals surface area contributed by atoms with E-state index < -0.39 is 17.2 Å². The first-order valence-electron chi connectivity index (χ1n) is 7.78. The standard InChI is InChI=1S/C19H12F2N4O/c20-12-9-13(11-22-10-12)23-19-24-17-15(7-4-8-16(17)21)18(26)25(19)14-5-2-1-3-6-14/h1-11H,(H,23,24). The van der Waals surface area contributed by atoms with Crippen molar-refractivity contribution in [2.75, 3.05) is 5.32 Å². The summed E-state index contributed by atoms with van der Waals surface area (Å²) in [6, 6.07) is 14.2. The SMILES string of the molecule is O=c1c2cccc(F)c2nc(Nc2cncc(F)c2)n1-c1ccccc1. The minimum Gasteiger partial charge on any atom is -0.324 e. The number of aromatic nitrogens is 3. The maximum atomic E-state index is 14.2. The number of hydrogen-bond acceptors (Lipinski definition) is 4. The molecule has 0 aliphatic rings. The highest BCUT2D eigenvalue weighted by Gasteiger charge is 2.15. The van der Waals surface area contributed by atoms with Crippen molar-refractivity contribution < 1.29 is 8.78 Å². The van der Waals surface area contributed by atoms with Crippen LogP contribution in [0.1, 0.15) is 0 Å². The Labute approximate surface area is 146 Å². The molecule has 0 fully saturated rings. The van der Waals surface area contributed by atoms with Crippen molar-refractivity contribution in [3.8, 4) is 5.69 Å². The quantitative estimate of drug-likeness (QED) is 0.610. The van der Waals surface area contributed by atoms with E-state index in [-0.39, 0.29) is 22.5 Å². The molecule has 0 bridgehead atoms. The van der Waals surface area contributed by atoms with Gasteiger partial charge in [-0.2, -0.15) is 0 Å². The molecule has 7 heteroatoms. The van der Waals surface area contributed by atoms with Gasteiger partial charge in [-0.15, -0.1) is 0 Å². The van der Waals surface area contributed by atoms with Gasteiger partial charge in [-0.25, -0.2) is 18.3 Å². The molecule has 2 aromatic heterocycles. The molecule has 26 heavy (non-hydrogen) atoms. The molecule has 1 N–H and O–H groups in total. The van der Waals surface area contributed by atoms with Crippen LogP contribution in [0.15, 0.2) is 71.8 Å². The van der Waals surface area contributed by atoms with Gasteiger partial charge in [0.1, 0.15) is 17.2 Å². The number of rotatable bonds is 3. The lowest BCUT2D eigenvalue weighted by molar-refractivity contribution is 0.622. The zero-order valence-electron chi connectivity index (χ0n) is 13.4. The summed E-state index contributed by atoms with van der Waals surface area (Å²) in [5, 5.41) is 3.00. The van der Waals surface area contributed by atoms with Gasteiger partial charge in [0.2, 0.25) is 5.95 Å². The highest BCUT2D eigenvalue weighted by molar-refractivity contribution is 5.80. The van der Waals surface area contributed by atoms with E-state index in [4.69, 9.17) is 0 Å². The second-order valence-corrected chi connectivity index (χ2v) is 5.56. The molecule has 0 spiro atoms. The van der Waals surface area contributed by atoms with Crippen LogP contribution in [0.2, 0.25) is 0 Å². The van der Waals surface area contributed by atoms with Crippen LogP contribution in [0.3, 0.4) is 0 Å². The van der Waals surface area contributed by atoms with Gasteiger partial charge >= 0.3 is 0 Å². The molecular weight excluding hydrogens is 338 g/mol. The Hall–Kier alpha value is -3.61. The van der Waals surface area contributed by atoms with Gasteiger partial charge in [-0.05, 0) is 24.3 Å². The summed E-state index contributed by atoms with van der Waals surface area (Å²) in [5.41, 5.74) is 0.337. The summed E-state index contributed by atoms with van der Waals surface area (Å²) in [4.78, 5) is 21.0.